The fraction of sp³-hybridized carbons (Fsp3) is 0.650. The van der Waals surface area contributed by atoms with Gasteiger partial charge in [0.25, 0.3) is 5.91 Å². The molecule has 2 atom stereocenters. The summed E-state index contributed by atoms with van der Waals surface area (Å²) in [5.74, 6) is 0.140. The van der Waals surface area contributed by atoms with Crippen LogP contribution in [0.1, 0.15) is 56.6 Å². The van der Waals surface area contributed by atoms with Crippen LogP contribution in [0.4, 0.5) is 5.69 Å². The molecule has 2 unspecified atom stereocenters. The maximum absolute atomic E-state index is 12.7. The molecule has 4 nitrogen and oxygen atoms in total. The molecule has 0 radical (unpaired) electrons. The minimum Gasteiger partial charge on any atom is -0.368 e. The summed E-state index contributed by atoms with van der Waals surface area (Å²) < 4.78 is 5.59. The zero-order chi connectivity index (χ0) is 16.9. The second-order valence-corrected chi connectivity index (χ2v) is 7.16. The SMILES string of the molecule is CCCCC(N)Cc1ccc2c(c1)CCCN2C(=O)C1CCCO1. The number of aryl methyl sites for hydroxylation is 1. The molecule has 0 aliphatic carbocycles. The molecule has 2 heterocycles. The molecule has 24 heavy (non-hydrogen) atoms. The van der Waals surface area contributed by atoms with Crippen molar-refractivity contribution in [1.29, 1.82) is 0 Å². The summed E-state index contributed by atoms with van der Waals surface area (Å²) in [5.41, 5.74) is 9.90. The number of fused-ring (bicyclic) bond motifs is 1. The lowest BCUT2D eigenvalue weighted by atomic mass is 9.95. The normalized spacial score (nSPS) is 21.6. The molecule has 1 aromatic carbocycles. The van der Waals surface area contributed by atoms with E-state index in [4.69, 9.17) is 10.5 Å². The Kier molecular flexibility index (Phi) is 5.90. The Morgan fingerprint density at radius 2 is 2.29 bits per heavy atom. The smallest absolute Gasteiger partial charge is 0.256 e. The van der Waals surface area contributed by atoms with Gasteiger partial charge in [-0.15, -0.1) is 0 Å². The number of hydrogen-bond acceptors (Lipinski definition) is 3. The predicted molar refractivity (Wildman–Crippen MR) is 97.3 cm³/mol. The van der Waals surface area contributed by atoms with E-state index >= 15 is 0 Å². The second-order valence-electron chi connectivity index (χ2n) is 7.16. The average Bonchev–Trinajstić information content (AvgIpc) is 3.13. The molecule has 0 spiro atoms. The van der Waals surface area contributed by atoms with E-state index in [1.54, 1.807) is 0 Å². The van der Waals surface area contributed by atoms with Crippen molar-refractivity contribution >= 4 is 11.6 Å². The van der Waals surface area contributed by atoms with Gasteiger partial charge in [-0.05, 0) is 55.7 Å². The largest absolute Gasteiger partial charge is 0.368 e. The van der Waals surface area contributed by atoms with Crippen molar-refractivity contribution in [1.82, 2.24) is 0 Å². The van der Waals surface area contributed by atoms with Gasteiger partial charge in [-0.3, -0.25) is 4.79 Å². The number of nitrogens with zero attached hydrogens (tertiary/aromatic N) is 1. The molecule has 2 aliphatic rings. The zero-order valence-corrected chi connectivity index (χ0v) is 14.8. The van der Waals surface area contributed by atoms with Gasteiger partial charge in [0.2, 0.25) is 0 Å². The lowest BCUT2D eigenvalue weighted by molar-refractivity contribution is -0.127. The molecular formula is C20H30N2O2. The molecule has 3 rings (SSSR count). The van der Waals surface area contributed by atoms with Crippen molar-refractivity contribution in [3.05, 3.63) is 29.3 Å². The van der Waals surface area contributed by atoms with Gasteiger partial charge >= 0.3 is 0 Å². The molecule has 0 bridgehead atoms. The van der Waals surface area contributed by atoms with Crippen molar-refractivity contribution < 1.29 is 9.53 Å². The van der Waals surface area contributed by atoms with Gasteiger partial charge in [-0.2, -0.15) is 0 Å². The summed E-state index contributed by atoms with van der Waals surface area (Å²) in [5, 5.41) is 0. The molecule has 1 fully saturated rings. The van der Waals surface area contributed by atoms with E-state index in [0.717, 1.165) is 50.8 Å². The number of carbonyl (C=O) groups excluding carboxylic acids is 1. The van der Waals surface area contributed by atoms with Gasteiger partial charge in [0.15, 0.2) is 0 Å². The summed E-state index contributed by atoms with van der Waals surface area (Å²) in [6, 6.07) is 6.75. The molecule has 0 aromatic heterocycles. The number of hydrogen-bond donors (Lipinski definition) is 1. The van der Waals surface area contributed by atoms with Crippen molar-refractivity contribution in [2.75, 3.05) is 18.1 Å². The monoisotopic (exact) mass is 330 g/mol. The number of anilines is 1. The first kappa shape index (κ1) is 17.4. The predicted octanol–water partition coefficient (Wildman–Crippen LogP) is 3.20. The van der Waals surface area contributed by atoms with Crippen LogP contribution in [0.2, 0.25) is 0 Å². The lowest BCUT2D eigenvalue weighted by Gasteiger charge is -2.31. The minimum atomic E-state index is -0.238. The van der Waals surface area contributed by atoms with Gasteiger partial charge in [0.1, 0.15) is 6.10 Å². The quantitative estimate of drug-likeness (QED) is 0.871. The molecule has 2 N–H and O–H groups in total. The highest BCUT2D eigenvalue weighted by atomic mass is 16.5. The van der Waals surface area contributed by atoms with Gasteiger partial charge in [-0.25, -0.2) is 0 Å². The van der Waals surface area contributed by atoms with Crippen LogP contribution >= 0.6 is 0 Å². The fourth-order valence-electron chi connectivity index (χ4n) is 3.82. The summed E-state index contributed by atoms with van der Waals surface area (Å²) in [6.45, 7) is 3.72. The Bertz CT molecular complexity index is 567. The maximum atomic E-state index is 12.7. The Morgan fingerprint density at radius 3 is 3.04 bits per heavy atom. The number of rotatable bonds is 6. The summed E-state index contributed by atoms with van der Waals surface area (Å²) >= 11 is 0. The maximum Gasteiger partial charge on any atom is 0.256 e. The molecule has 132 valence electrons. The topological polar surface area (TPSA) is 55.6 Å². The van der Waals surface area contributed by atoms with Crippen LogP contribution in [0, 0.1) is 0 Å². The standard InChI is InChI=1S/C20H30N2O2/c1-2-3-7-17(21)14-15-9-10-18-16(13-15)6-4-11-22(18)20(23)19-8-5-12-24-19/h9-10,13,17,19H,2-8,11-12,14,21H2,1H3. The van der Waals surface area contributed by atoms with Gasteiger partial charge in [0.05, 0.1) is 0 Å². The summed E-state index contributed by atoms with van der Waals surface area (Å²) in [7, 11) is 0. The summed E-state index contributed by atoms with van der Waals surface area (Å²) in [4.78, 5) is 14.7. The average molecular weight is 330 g/mol. The van der Waals surface area contributed by atoms with Gasteiger partial charge in [-0.1, -0.05) is 31.9 Å². The minimum absolute atomic E-state index is 0.140. The number of unbranched alkanes of at least 4 members (excludes halogenated alkanes) is 1. The van der Waals surface area contributed by atoms with E-state index in [1.165, 1.54) is 24.0 Å². The van der Waals surface area contributed by atoms with E-state index in [0.29, 0.717) is 6.61 Å². The highest BCUT2D eigenvalue weighted by Crippen LogP contribution is 2.30. The first-order valence-electron chi connectivity index (χ1n) is 9.49. The third-order valence-electron chi connectivity index (χ3n) is 5.16. The Morgan fingerprint density at radius 1 is 1.42 bits per heavy atom. The van der Waals surface area contributed by atoms with Crippen molar-refractivity contribution in [2.45, 2.75) is 70.4 Å². The zero-order valence-electron chi connectivity index (χ0n) is 14.8. The number of ether oxygens (including phenoxy) is 1. The van der Waals surface area contributed by atoms with Crippen LogP contribution in [-0.4, -0.2) is 31.2 Å². The van der Waals surface area contributed by atoms with Crippen molar-refractivity contribution in [2.24, 2.45) is 5.73 Å². The molecule has 1 amide bonds. The van der Waals surface area contributed by atoms with E-state index in [9.17, 15) is 4.79 Å². The Hall–Kier alpha value is -1.39. The number of nitrogens with two attached hydrogens (primary N) is 1. The first-order valence-corrected chi connectivity index (χ1v) is 9.49. The van der Waals surface area contributed by atoms with Crippen LogP contribution in [0.5, 0.6) is 0 Å². The van der Waals surface area contributed by atoms with Crippen LogP contribution in [0.3, 0.4) is 0 Å². The molecular weight excluding hydrogens is 300 g/mol. The highest BCUT2D eigenvalue weighted by Gasteiger charge is 2.31. The number of carbonyl (C=O) groups is 1. The van der Waals surface area contributed by atoms with Crippen LogP contribution in [0.25, 0.3) is 0 Å². The van der Waals surface area contributed by atoms with Crippen LogP contribution in [0.15, 0.2) is 18.2 Å². The Labute approximate surface area is 145 Å². The highest BCUT2D eigenvalue weighted by molar-refractivity contribution is 5.97. The van der Waals surface area contributed by atoms with Gasteiger partial charge in [0, 0.05) is 24.9 Å². The van der Waals surface area contributed by atoms with E-state index in [1.807, 2.05) is 4.90 Å². The fourth-order valence-corrected chi connectivity index (χ4v) is 3.82. The van der Waals surface area contributed by atoms with Gasteiger partial charge < -0.3 is 15.4 Å². The van der Waals surface area contributed by atoms with Crippen molar-refractivity contribution in [3.8, 4) is 0 Å². The third-order valence-corrected chi connectivity index (χ3v) is 5.16. The number of amides is 1. The van der Waals surface area contributed by atoms with Crippen LogP contribution in [-0.2, 0) is 22.4 Å². The Balaban J connectivity index is 1.71. The van der Waals surface area contributed by atoms with E-state index in [-0.39, 0.29) is 18.1 Å². The first-order chi connectivity index (χ1) is 11.7. The number of benzene rings is 1. The summed E-state index contributed by atoms with van der Waals surface area (Å²) in [6.07, 6.45) is 8.07. The van der Waals surface area contributed by atoms with E-state index < -0.39 is 0 Å². The van der Waals surface area contributed by atoms with Crippen molar-refractivity contribution in [3.63, 3.8) is 0 Å². The van der Waals surface area contributed by atoms with Crippen LogP contribution < -0.4 is 10.6 Å². The second kappa shape index (κ2) is 8.13. The molecule has 2 aliphatic heterocycles. The molecule has 1 saturated heterocycles. The molecule has 1 aromatic rings. The molecule has 4 heteroatoms. The third kappa shape index (κ3) is 3.98. The lowest BCUT2D eigenvalue weighted by Crippen LogP contribution is -2.42. The van der Waals surface area contributed by atoms with E-state index in [2.05, 4.69) is 25.1 Å². The molecule has 0 saturated carbocycles.